The van der Waals surface area contributed by atoms with Crippen molar-refractivity contribution >= 4 is 41.5 Å². The molecule has 2 N–H and O–H groups in total. The molecule has 1 atom stereocenters. The molecule has 0 bridgehead atoms. The number of aryl methyl sites for hydroxylation is 2. The van der Waals surface area contributed by atoms with Crippen LogP contribution in [0.3, 0.4) is 0 Å². The van der Waals surface area contributed by atoms with Crippen molar-refractivity contribution in [2.45, 2.75) is 39.3 Å². The zero-order valence-electron chi connectivity index (χ0n) is 17.3. The van der Waals surface area contributed by atoms with E-state index in [-0.39, 0.29) is 30.0 Å². The normalized spacial score (nSPS) is 12.6. The van der Waals surface area contributed by atoms with E-state index < -0.39 is 0 Å². The van der Waals surface area contributed by atoms with Crippen molar-refractivity contribution in [2.24, 2.45) is 4.99 Å². The van der Waals surface area contributed by atoms with Crippen molar-refractivity contribution in [1.29, 1.82) is 0 Å². The van der Waals surface area contributed by atoms with Crippen molar-refractivity contribution in [2.75, 3.05) is 27.7 Å². The fourth-order valence-electron chi connectivity index (χ4n) is 3.01. The lowest BCUT2D eigenvalue weighted by Gasteiger charge is -2.26. The first-order valence-corrected chi connectivity index (χ1v) is 9.70. The van der Waals surface area contributed by atoms with Crippen LogP contribution in [-0.2, 0) is 19.4 Å². The highest BCUT2D eigenvalue weighted by molar-refractivity contribution is 14.0. The second kappa shape index (κ2) is 12.3. The quantitative estimate of drug-likeness (QED) is 0.313. The molecular formula is C20H31ClIN5O. The molecule has 0 spiro atoms. The Balaban J connectivity index is 0.00000392. The number of likely N-dealkylation sites (N-methyl/N-ethyl adjacent to an activating group) is 1. The van der Waals surface area contributed by atoms with Crippen LogP contribution in [-0.4, -0.2) is 43.7 Å². The monoisotopic (exact) mass is 519 g/mol. The van der Waals surface area contributed by atoms with Crippen LogP contribution >= 0.6 is 35.6 Å². The van der Waals surface area contributed by atoms with E-state index in [9.17, 15) is 0 Å². The van der Waals surface area contributed by atoms with Gasteiger partial charge >= 0.3 is 0 Å². The molecule has 0 amide bonds. The van der Waals surface area contributed by atoms with E-state index >= 15 is 0 Å². The zero-order valence-corrected chi connectivity index (χ0v) is 20.3. The third kappa shape index (κ3) is 6.63. The molecule has 0 radical (unpaired) electrons. The molecule has 0 fully saturated rings. The molecule has 0 aliphatic carbocycles. The van der Waals surface area contributed by atoms with Gasteiger partial charge in [0.15, 0.2) is 5.96 Å². The summed E-state index contributed by atoms with van der Waals surface area (Å²) < 4.78 is 5.43. The lowest BCUT2D eigenvalue weighted by atomic mass is 10.1. The summed E-state index contributed by atoms with van der Waals surface area (Å²) in [6.07, 6.45) is 1.68. The van der Waals surface area contributed by atoms with Crippen molar-refractivity contribution < 1.29 is 4.52 Å². The van der Waals surface area contributed by atoms with Gasteiger partial charge in [0.05, 0.1) is 11.7 Å². The van der Waals surface area contributed by atoms with Gasteiger partial charge in [-0.25, -0.2) is 0 Å². The summed E-state index contributed by atoms with van der Waals surface area (Å²) in [4.78, 5) is 6.52. The molecule has 1 aromatic carbocycles. The van der Waals surface area contributed by atoms with Crippen molar-refractivity contribution in [1.82, 2.24) is 20.7 Å². The molecule has 0 saturated heterocycles. The Morgan fingerprint density at radius 3 is 2.39 bits per heavy atom. The average Bonchev–Trinajstić information content (AvgIpc) is 3.07. The predicted octanol–water partition coefficient (Wildman–Crippen LogP) is 4.04. The minimum atomic E-state index is 0. The molecule has 6 nitrogen and oxygen atoms in total. The van der Waals surface area contributed by atoms with E-state index in [1.54, 1.807) is 7.05 Å². The fourth-order valence-corrected chi connectivity index (χ4v) is 3.13. The van der Waals surface area contributed by atoms with Gasteiger partial charge in [-0.1, -0.05) is 42.7 Å². The largest absolute Gasteiger partial charge is 0.361 e. The van der Waals surface area contributed by atoms with Gasteiger partial charge in [-0.05, 0) is 38.2 Å². The predicted molar refractivity (Wildman–Crippen MR) is 127 cm³/mol. The van der Waals surface area contributed by atoms with Gasteiger partial charge in [0, 0.05) is 37.1 Å². The van der Waals surface area contributed by atoms with Gasteiger partial charge in [0.1, 0.15) is 5.76 Å². The number of hydrogen-bond donors (Lipinski definition) is 2. The van der Waals surface area contributed by atoms with E-state index in [4.69, 9.17) is 16.1 Å². The Kier molecular flexibility index (Phi) is 10.8. The highest BCUT2D eigenvalue weighted by atomic mass is 127. The van der Waals surface area contributed by atoms with Crippen LogP contribution in [0, 0.1) is 0 Å². The van der Waals surface area contributed by atoms with E-state index in [0.717, 1.165) is 47.4 Å². The third-order valence-corrected chi connectivity index (χ3v) is 4.86. The highest BCUT2D eigenvalue weighted by Crippen LogP contribution is 2.20. The smallest absolute Gasteiger partial charge is 0.191 e. The minimum absolute atomic E-state index is 0. The number of rotatable bonds is 8. The number of halogens is 2. The Labute approximate surface area is 190 Å². The van der Waals surface area contributed by atoms with E-state index in [1.165, 1.54) is 5.56 Å². The number of guanidine groups is 1. The lowest BCUT2D eigenvalue weighted by Crippen LogP contribution is -2.41. The van der Waals surface area contributed by atoms with Crippen molar-refractivity contribution in [3.05, 3.63) is 51.9 Å². The minimum Gasteiger partial charge on any atom is -0.361 e. The summed E-state index contributed by atoms with van der Waals surface area (Å²) in [5.74, 6) is 1.68. The Morgan fingerprint density at radius 1 is 1.18 bits per heavy atom. The highest BCUT2D eigenvalue weighted by Gasteiger charge is 2.16. The standard InChI is InChI=1S/C20H30ClN5O.HI/c1-6-17-16(19(7-2)27-25-17)12-23-20(22-3)24-13-18(26(4)5)14-8-10-15(21)11-9-14;/h8-11,18H,6-7,12-13H2,1-5H3,(H2,22,23,24);1H. The second-order valence-electron chi connectivity index (χ2n) is 6.58. The van der Waals surface area contributed by atoms with Gasteiger partial charge < -0.3 is 20.1 Å². The van der Waals surface area contributed by atoms with E-state index in [2.05, 4.69) is 65.8 Å². The van der Waals surface area contributed by atoms with Crippen LogP contribution in [0.15, 0.2) is 33.8 Å². The van der Waals surface area contributed by atoms with Gasteiger partial charge in [-0.2, -0.15) is 0 Å². The topological polar surface area (TPSA) is 65.7 Å². The maximum absolute atomic E-state index is 6.01. The fraction of sp³-hybridized carbons (Fsp3) is 0.500. The molecular weight excluding hydrogens is 489 g/mol. The molecule has 1 aromatic heterocycles. The molecule has 28 heavy (non-hydrogen) atoms. The number of nitrogens with zero attached hydrogens (tertiary/aromatic N) is 3. The summed E-state index contributed by atoms with van der Waals surface area (Å²) in [7, 11) is 5.90. The van der Waals surface area contributed by atoms with E-state index in [0.29, 0.717) is 6.54 Å². The molecule has 1 heterocycles. The Bertz CT molecular complexity index is 724. The Hall–Kier alpha value is -1.32. The SMILES string of the molecule is CCc1noc(CC)c1CNC(=NC)NCC(c1ccc(Cl)cc1)N(C)C.I. The summed E-state index contributed by atoms with van der Waals surface area (Å²) in [5.41, 5.74) is 3.33. The molecule has 156 valence electrons. The third-order valence-electron chi connectivity index (χ3n) is 4.60. The van der Waals surface area contributed by atoms with Gasteiger partial charge in [-0.15, -0.1) is 24.0 Å². The molecule has 8 heteroatoms. The van der Waals surface area contributed by atoms with Crippen LogP contribution in [0.5, 0.6) is 0 Å². The number of benzene rings is 1. The summed E-state index contributed by atoms with van der Waals surface area (Å²) in [6, 6.07) is 8.16. The number of nitrogens with one attached hydrogen (secondary N) is 2. The second-order valence-corrected chi connectivity index (χ2v) is 7.01. The van der Waals surface area contributed by atoms with Crippen LogP contribution in [0.4, 0.5) is 0 Å². The summed E-state index contributed by atoms with van der Waals surface area (Å²) in [5, 5.41) is 11.7. The van der Waals surface area contributed by atoms with Crippen LogP contribution in [0.1, 0.15) is 42.5 Å². The first-order chi connectivity index (χ1) is 13.0. The molecule has 0 aliphatic rings. The van der Waals surface area contributed by atoms with Crippen LogP contribution in [0.25, 0.3) is 0 Å². The number of hydrogen-bond acceptors (Lipinski definition) is 4. The van der Waals surface area contributed by atoms with Crippen molar-refractivity contribution in [3.8, 4) is 0 Å². The molecule has 2 rings (SSSR count). The zero-order chi connectivity index (χ0) is 19.8. The van der Waals surface area contributed by atoms with Crippen molar-refractivity contribution in [3.63, 3.8) is 0 Å². The molecule has 0 saturated carbocycles. The maximum atomic E-state index is 6.01. The number of aromatic nitrogens is 1. The average molecular weight is 520 g/mol. The van der Waals surface area contributed by atoms with Crippen LogP contribution in [0.2, 0.25) is 5.02 Å². The van der Waals surface area contributed by atoms with E-state index in [1.807, 2.05) is 12.1 Å². The molecule has 1 unspecified atom stereocenters. The maximum Gasteiger partial charge on any atom is 0.191 e. The van der Waals surface area contributed by atoms with Crippen LogP contribution < -0.4 is 10.6 Å². The number of aliphatic imine (C=N–C) groups is 1. The Morgan fingerprint density at radius 2 is 1.86 bits per heavy atom. The first kappa shape index (κ1) is 24.7. The molecule has 0 aliphatic heterocycles. The van der Waals surface area contributed by atoms with Gasteiger partial charge in [-0.3, -0.25) is 4.99 Å². The lowest BCUT2D eigenvalue weighted by molar-refractivity contribution is 0.298. The first-order valence-electron chi connectivity index (χ1n) is 9.32. The molecule has 2 aromatic rings. The summed E-state index contributed by atoms with van der Waals surface area (Å²) >= 11 is 6.01. The summed E-state index contributed by atoms with van der Waals surface area (Å²) in [6.45, 7) is 5.52. The van der Waals surface area contributed by atoms with Gasteiger partial charge in [0.2, 0.25) is 0 Å². The van der Waals surface area contributed by atoms with Gasteiger partial charge in [0.25, 0.3) is 0 Å².